The molecule has 5 nitrogen and oxygen atoms in total. The molecule has 0 saturated carbocycles. The molecule has 0 atom stereocenters. The van der Waals surface area contributed by atoms with Crippen LogP contribution < -0.4 is 5.46 Å². The normalized spacial score (nSPS) is 17.6. The SMILES string of the molecule is CCCC(=O)Cc1cccc(-c2cnc3cc(B4OC(C)(C)C(C)(C)O4)ccn23)c1. The van der Waals surface area contributed by atoms with Gasteiger partial charge in [-0.2, -0.15) is 0 Å². The predicted molar refractivity (Wildman–Crippen MR) is 120 cm³/mol. The molecule has 4 rings (SSSR count). The van der Waals surface area contributed by atoms with Crippen molar-refractivity contribution in [1.29, 1.82) is 0 Å². The van der Waals surface area contributed by atoms with Crippen molar-refractivity contribution in [2.24, 2.45) is 0 Å². The van der Waals surface area contributed by atoms with Gasteiger partial charge >= 0.3 is 7.12 Å². The van der Waals surface area contributed by atoms with Crippen LogP contribution in [-0.4, -0.2) is 33.5 Å². The second-order valence-corrected chi connectivity index (χ2v) is 9.09. The minimum atomic E-state index is -0.409. The zero-order valence-corrected chi connectivity index (χ0v) is 18.4. The molecule has 0 unspecified atom stereocenters. The van der Waals surface area contributed by atoms with E-state index in [4.69, 9.17) is 9.31 Å². The molecule has 1 aliphatic rings. The van der Waals surface area contributed by atoms with E-state index in [1.807, 2.05) is 43.6 Å². The van der Waals surface area contributed by atoms with Gasteiger partial charge in [-0.25, -0.2) is 4.98 Å². The zero-order valence-electron chi connectivity index (χ0n) is 18.4. The van der Waals surface area contributed by atoms with Gasteiger partial charge in [-0.15, -0.1) is 0 Å². The molecule has 2 aromatic heterocycles. The van der Waals surface area contributed by atoms with Gasteiger partial charge in [0.25, 0.3) is 0 Å². The van der Waals surface area contributed by atoms with Crippen LogP contribution in [0.15, 0.2) is 48.8 Å². The first kappa shape index (κ1) is 20.8. The van der Waals surface area contributed by atoms with Crippen molar-refractivity contribution in [2.75, 3.05) is 0 Å². The first-order chi connectivity index (χ1) is 14.2. The highest BCUT2D eigenvalue weighted by atomic mass is 16.7. The number of hydrogen-bond donors (Lipinski definition) is 0. The number of Topliss-reactive ketones (excluding diaryl/α,β-unsaturated/α-hetero) is 1. The van der Waals surface area contributed by atoms with E-state index in [2.05, 4.69) is 49.2 Å². The fraction of sp³-hybridized carbons (Fsp3) is 0.417. The number of hydrogen-bond acceptors (Lipinski definition) is 4. The van der Waals surface area contributed by atoms with Crippen LogP contribution in [0.5, 0.6) is 0 Å². The topological polar surface area (TPSA) is 52.8 Å². The van der Waals surface area contributed by atoms with Gasteiger partial charge in [0.05, 0.1) is 23.1 Å². The Hall–Kier alpha value is -2.44. The van der Waals surface area contributed by atoms with Gasteiger partial charge < -0.3 is 9.31 Å². The minimum Gasteiger partial charge on any atom is -0.399 e. The molecule has 0 amide bonds. The van der Waals surface area contributed by atoms with Crippen LogP contribution >= 0.6 is 0 Å². The van der Waals surface area contributed by atoms with Gasteiger partial charge in [-0.3, -0.25) is 9.20 Å². The van der Waals surface area contributed by atoms with E-state index in [1.54, 1.807) is 0 Å². The van der Waals surface area contributed by atoms with E-state index < -0.39 is 7.12 Å². The molecule has 1 saturated heterocycles. The monoisotopic (exact) mass is 404 g/mol. The summed E-state index contributed by atoms with van der Waals surface area (Å²) in [5.41, 5.74) is 4.12. The van der Waals surface area contributed by atoms with E-state index in [-0.39, 0.29) is 17.0 Å². The third-order valence-electron chi connectivity index (χ3n) is 6.22. The van der Waals surface area contributed by atoms with Crippen molar-refractivity contribution in [3.8, 4) is 11.3 Å². The Balaban J connectivity index is 1.62. The van der Waals surface area contributed by atoms with Crippen molar-refractivity contribution in [3.05, 3.63) is 54.4 Å². The van der Waals surface area contributed by atoms with Crippen molar-refractivity contribution >= 4 is 24.0 Å². The van der Waals surface area contributed by atoms with E-state index in [1.165, 1.54) is 0 Å². The van der Waals surface area contributed by atoms with Crippen molar-refractivity contribution in [3.63, 3.8) is 0 Å². The van der Waals surface area contributed by atoms with Gasteiger partial charge in [0.15, 0.2) is 0 Å². The predicted octanol–water partition coefficient (Wildman–Crippen LogP) is 4.21. The molecular weight excluding hydrogens is 375 g/mol. The second-order valence-electron chi connectivity index (χ2n) is 9.09. The smallest absolute Gasteiger partial charge is 0.399 e. The van der Waals surface area contributed by atoms with Gasteiger partial charge in [-0.1, -0.05) is 25.1 Å². The molecule has 0 N–H and O–H groups in total. The molecule has 6 heteroatoms. The van der Waals surface area contributed by atoms with Crippen molar-refractivity contribution in [1.82, 2.24) is 9.38 Å². The van der Waals surface area contributed by atoms with Crippen LogP contribution in [0.3, 0.4) is 0 Å². The van der Waals surface area contributed by atoms with E-state index >= 15 is 0 Å². The lowest BCUT2D eigenvalue weighted by Crippen LogP contribution is -2.41. The third-order valence-corrected chi connectivity index (χ3v) is 6.22. The fourth-order valence-electron chi connectivity index (χ4n) is 3.77. The quantitative estimate of drug-likeness (QED) is 0.578. The number of imidazole rings is 1. The summed E-state index contributed by atoms with van der Waals surface area (Å²) in [7, 11) is -0.409. The molecule has 0 bridgehead atoms. The highest BCUT2D eigenvalue weighted by Gasteiger charge is 2.51. The van der Waals surface area contributed by atoms with Crippen LogP contribution in [0.25, 0.3) is 16.9 Å². The van der Waals surface area contributed by atoms with Crippen LogP contribution in [-0.2, 0) is 20.5 Å². The highest BCUT2D eigenvalue weighted by molar-refractivity contribution is 6.62. The molecule has 1 fully saturated rings. The van der Waals surface area contributed by atoms with Gasteiger partial charge in [-0.05, 0) is 63.3 Å². The largest absolute Gasteiger partial charge is 0.495 e. The Kier molecular flexibility index (Phi) is 5.33. The molecule has 0 aliphatic carbocycles. The first-order valence-corrected chi connectivity index (χ1v) is 10.6. The van der Waals surface area contributed by atoms with Crippen LogP contribution in [0.4, 0.5) is 0 Å². The molecule has 3 aromatic rings. The van der Waals surface area contributed by atoms with E-state index in [0.29, 0.717) is 12.8 Å². The average Bonchev–Trinajstić information content (AvgIpc) is 3.19. The highest BCUT2D eigenvalue weighted by Crippen LogP contribution is 2.36. The Morgan fingerprint density at radius 1 is 1.10 bits per heavy atom. The fourth-order valence-corrected chi connectivity index (χ4v) is 3.77. The number of fused-ring (bicyclic) bond motifs is 1. The Bertz CT molecular complexity index is 1070. The van der Waals surface area contributed by atoms with Crippen molar-refractivity contribution < 1.29 is 14.1 Å². The number of carbonyl (C=O) groups excluding carboxylic acids is 1. The standard InChI is InChI=1S/C24H29BN2O3/c1-6-8-20(28)14-17-9-7-10-18(13-17)21-16-26-22-15-19(11-12-27(21)22)25-29-23(2,3)24(4,5)30-25/h7,9-13,15-16H,6,8,14H2,1-5H3. The second kappa shape index (κ2) is 7.67. The summed E-state index contributed by atoms with van der Waals surface area (Å²) in [6.45, 7) is 10.2. The number of pyridine rings is 1. The maximum atomic E-state index is 12.0. The lowest BCUT2D eigenvalue weighted by Gasteiger charge is -2.32. The van der Waals surface area contributed by atoms with Crippen LogP contribution in [0.2, 0.25) is 0 Å². The summed E-state index contributed by atoms with van der Waals surface area (Å²) in [6.07, 6.45) is 5.87. The third kappa shape index (κ3) is 3.82. The summed E-state index contributed by atoms with van der Waals surface area (Å²) >= 11 is 0. The molecule has 0 radical (unpaired) electrons. The summed E-state index contributed by atoms with van der Waals surface area (Å²) in [5, 5.41) is 0. The molecule has 1 aromatic carbocycles. The first-order valence-electron chi connectivity index (χ1n) is 10.6. The summed E-state index contributed by atoms with van der Waals surface area (Å²) in [5.74, 6) is 0.278. The lowest BCUT2D eigenvalue weighted by atomic mass is 9.80. The number of aromatic nitrogens is 2. The summed E-state index contributed by atoms with van der Waals surface area (Å²) < 4.78 is 14.4. The molecule has 1 aliphatic heterocycles. The summed E-state index contributed by atoms with van der Waals surface area (Å²) in [6, 6.07) is 12.2. The zero-order chi connectivity index (χ0) is 21.5. The van der Waals surface area contributed by atoms with E-state index in [9.17, 15) is 4.79 Å². The van der Waals surface area contributed by atoms with E-state index in [0.717, 1.165) is 34.4 Å². The number of nitrogens with zero attached hydrogens (tertiary/aromatic N) is 2. The van der Waals surface area contributed by atoms with Crippen molar-refractivity contribution in [2.45, 2.75) is 65.1 Å². The Morgan fingerprint density at radius 3 is 2.53 bits per heavy atom. The summed E-state index contributed by atoms with van der Waals surface area (Å²) in [4.78, 5) is 16.6. The minimum absolute atomic E-state index is 0.278. The van der Waals surface area contributed by atoms with Gasteiger partial charge in [0.2, 0.25) is 0 Å². The van der Waals surface area contributed by atoms with Gasteiger partial charge in [0.1, 0.15) is 11.4 Å². The molecule has 3 heterocycles. The molecule has 30 heavy (non-hydrogen) atoms. The number of carbonyl (C=O) groups is 1. The molecule has 156 valence electrons. The van der Waals surface area contributed by atoms with Crippen LogP contribution in [0.1, 0.15) is 53.0 Å². The lowest BCUT2D eigenvalue weighted by molar-refractivity contribution is -0.118. The average molecular weight is 404 g/mol. The molecule has 0 spiro atoms. The van der Waals surface area contributed by atoms with Gasteiger partial charge in [0, 0.05) is 24.6 Å². The Morgan fingerprint density at radius 2 is 1.83 bits per heavy atom. The maximum absolute atomic E-state index is 12.0. The Labute approximate surface area is 178 Å². The number of rotatable bonds is 6. The maximum Gasteiger partial charge on any atom is 0.495 e. The number of ketones is 1. The number of benzene rings is 1. The van der Waals surface area contributed by atoms with Crippen LogP contribution in [0, 0.1) is 0 Å². The molecular formula is C24H29BN2O3.